The van der Waals surface area contributed by atoms with E-state index in [1.54, 1.807) is 18.1 Å². The molecule has 2 aromatic rings. The number of nitrogens with zero attached hydrogens (tertiary/aromatic N) is 6. The van der Waals surface area contributed by atoms with Gasteiger partial charge in [0, 0.05) is 56.9 Å². The molecule has 1 unspecified atom stereocenters. The summed E-state index contributed by atoms with van der Waals surface area (Å²) >= 11 is 0. The van der Waals surface area contributed by atoms with Gasteiger partial charge >= 0.3 is 6.03 Å². The number of nitriles is 1. The number of aryl methyl sites for hydroxylation is 1. The first-order valence-electron chi connectivity index (χ1n) is 12.1. The Morgan fingerprint density at radius 2 is 2.19 bits per heavy atom. The van der Waals surface area contributed by atoms with Crippen molar-refractivity contribution in [2.75, 3.05) is 58.8 Å². The normalized spacial score (nSPS) is 19.7. The van der Waals surface area contributed by atoms with Gasteiger partial charge in [-0.05, 0) is 19.5 Å². The van der Waals surface area contributed by atoms with Crippen molar-refractivity contribution in [3.8, 4) is 6.07 Å². The molecule has 4 heterocycles. The lowest BCUT2D eigenvalue weighted by Crippen LogP contribution is -2.56. The van der Waals surface area contributed by atoms with Crippen LogP contribution in [0.15, 0.2) is 18.3 Å². The van der Waals surface area contributed by atoms with Crippen LogP contribution in [0, 0.1) is 11.3 Å². The number of nitrogens with two attached hydrogens (primary N) is 1. The Hall–Kier alpha value is -3.92. The second-order valence-electron chi connectivity index (χ2n) is 9.28. The monoisotopic (exact) mass is 507 g/mol. The van der Waals surface area contributed by atoms with Crippen LogP contribution >= 0.6 is 0 Å². The molecule has 4 rings (SSSR count). The van der Waals surface area contributed by atoms with Gasteiger partial charge in [0.1, 0.15) is 18.3 Å². The first-order chi connectivity index (χ1) is 17.8. The molecule has 0 bridgehead atoms. The lowest BCUT2D eigenvalue weighted by molar-refractivity contribution is -0.136. The molecular formula is C25H31N8O4+. The van der Waals surface area contributed by atoms with Crippen LogP contribution in [0.3, 0.4) is 0 Å². The van der Waals surface area contributed by atoms with Gasteiger partial charge in [-0.3, -0.25) is 14.5 Å². The molecule has 1 saturated heterocycles. The molecule has 37 heavy (non-hydrogen) atoms. The van der Waals surface area contributed by atoms with E-state index in [4.69, 9.17) is 10.5 Å². The van der Waals surface area contributed by atoms with Crippen LogP contribution in [-0.4, -0.2) is 91.5 Å². The van der Waals surface area contributed by atoms with E-state index in [-0.39, 0.29) is 18.1 Å². The van der Waals surface area contributed by atoms with Crippen molar-refractivity contribution in [1.29, 1.82) is 5.26 Å². The van der Waals surface area contributed by atoms with Gasteiger partial charge in [0.25, 0.3) is 0 Å². The standard InChI is InChI=1S/C25H30N8O4/c1-31-6-7-32(23(35)15-31)14-18-10-17-4-3-8-33(25(27)36,24(17)30-21(18)16-34)22-11-20(28-5-9-37-2)19(12-26)13-29-22/h10-11,13,16H,3-9,14-15H2,1-2H3,(H2-,27,28,29,36)/p+1. The maximum Gasteiger partial charge on any atom is 0.426 e. The first kappa shape index (κ1) is 26.2. The Kier molecular flexibility index (Phi) is 7.77. The summed E-state index contributed by atoms with van der Waals surface area (Å²) in [6.45, 7) is 3.06. The Bertz CT molecular complexity index is 1260. The topological polar surface area (TPSA) is 155 Å². The van der Waals surface area contributed by atoms with Crippen LogP contribution in [0.25, 0.3) is 0 Å². The van der Waals surface area contributed by atoms with Gasteiger partial charge in [-0.25, -0.2) is 9.78 Å². The van der Waals surface area contributed by atoms with Gasteiger partial charge in [0.2, 0.25) is 17.5 Å². The first-order valence-corrected chi connectivity index (χ1v) is 12.1. The quantitative estimate of drug-likeness (QED) is 0.304. The van der Waals surface area contributed by atoms with Gasteiger partial charge in [-0.1, -0.05) is 0 Å². The molecule has 12 nitrogen and oxygen atoms in total. The number of urea groups is 1. The Morgan fingerprint density at radius 3 is 2.86 bits per heavy atom. The number of carbonyl (C=O) groups is 3. The van der Waals surface area contributed by atoms with E-state index in [9.17, 15) is 19.6 Å². The number of hydrogen-bond donors (Lipinski definition) is 2. The summed E-state index contributed by atoms with van der Waals surface area (Å²) in [6, 6.07) is 4.90. The van der Waals surface area contributed by atoms with Crippen molar-refractivity contribution < 1.29 is 19.1 Å². The predicted molar refractivity (Wildman–Crippen MR) is 136 cm³/mol. The highest BCUT2D eigenvalue weighted by atomic mass is 16.5. The summed E-state index contributed by atoms with van der Waals surface area (Å²) in [5, 5.41) is 12.7. The molecule has 12 heteroatoms. The fraction of sp³-hybridized carbons (Fsp3) is 0.440. The van der Waals surface area contributed by atoms with Crippen LogP contribution in [0.5, 0.6) is 0 Å². The summed E-state index contributed by atoms with van der Waals surface area (Å²) in [6.07, 6.45) is 3.30. The van der Waals surface area contributed by atoms with E-state index in [0.717, 1.165) is 12.1 Å². The van der Waals surface area contributed by atoms with Crippen LogP contribution in [0.4, 0.5) is 22.1 Å². The van der Waals surface area contributed by atoms with Crippen LogP contribution in [0.1, 0.15) is 33.6 Å². The zero-order valence-electron chi connectivity index (χ0n) is 21.1. The molecular weight excluding hydrogens is 476 g/mol. The van der Waals surface area contributed by atoms with Crippen molar-refractivity contribution in [3.63, 3.8) is 0 Å². The number of aromatic nitrogens is 2. The zero-order valence-corrected chi connectivity index (χ0v) is 21.1. The largest absolute Gasteiger partial charge is 0.426 e. The number of primary amides is 1. The van der Waals surface area contributed by atoms with Crippen molar-refractivity contribution >= 4 is 35.5 Å². The summed E-state index contributed by atoms with van der Waals surface area (Å²) in [5.41, 5.74) is 8.37. The van der Waals surface area contributed by atoms with E-state index < -0.39 is 10.5 Å². The zero-order chi connectivity index (χ0) is 26.6. The third-order valence-corrected chi connectivity index (χ3v) is 6.87. The highest BCUT2D eigenvalue weighted by Crippen LogP contribution is 2.41. The van der Waals surface area contributed by atoms with Crippen molar-refractivity contribution in [2.45, 2.75) is 19.4 Å². The number of fused-ring (bicyclic) bond motifs is 1. The average molecular weight is 508 g/mol. The number of carbonyl (C=O) groups excluding carboxylic acids is 3. The van der Waals surface area contributed by atoms with Crippen molar-refractivity contribution in [1.82, 2.24) is 24.3 Å². The molecule has 0 aliphatic carbocycles. The number of piperazine rings is 1. The Balaban J connectivity index is 1.78. The molecule has 0 radical (unpaired) electrons. The molecule has 0 spiro atoms. The Morgan fingerprint density at radius 1 is 1.38 bits per heavy atom. The summed E-state index contributed by atoms with van der Waals surface area (Å²) in [7, 11) is 3.47. The van der Waals surface area contributed by atoms with Crippen molar-refractivity contribution in [3.05, 3.63) is 40.7 Å². The minimum Gasteiger partial charge on any atom is -0.383 e. The summed E-state index contributed by atoms with van der Waals surface area (Å²) < 4.78 is 4.60. The van der Waals surface area contributed by atoms with Gasteiger partial charge in [-0.15, -0.1) is 4.48 Å². The number of aldehydes is 1. The van der Waals surface area contributed by atoms with Crippen LogP contribution in [0.2, 0.25) is 0 Å². The smallest absolute Gasteiger partial charge is 0.383 e. The molecule has 0 saturated carbocycles. The number of rotatable bonds is 8. The maximum absolute atomic E-state index is 13.1. The fourth-order valence-corrected chi connectivity index (χ4v) is 4.89. The molecule has 1 atom stereocenters. The molecule has 2 aromatic heterocycles. The minimum absolute atomic E-state index is 0.0131. The molecule has 3 amide bonds. The van der Waals surface area contributed by atoms with Gasteiger partial charge in [-0.2, -0.15) is 10.2 Å². The molecule has 0 aromatic carbocycles. The van der Waals surface area contributed by atoms with E-state index in [1.165, 1.54) is 6.20 Å². The fourth-order valence-electron chi connectivity index (χ4n) is 4.89. The number of ether oxygens (including phenoxy) is 1. The van der Waals surface area contributed by atoms with Crippen LogP contribution < -0.4 is 15.5 Å². The number of nitrogens with one attached hydrogen (secondary N) is 1. The van der Waals surface area contributed by atoms with Crippen molar-refractivity contribution in [2.24, 2.45) is 5.73 Å². The summed E-state index contributed by atoms with van der Waals surface area (Å²) in [4.78, 5) is 50.5. The lowest BCUT2D eigenvalue weighted by Gasteiger charge is -2.36. The number of methoxy groups -OCH3 is 1. The second kappa shape index (κ2) is 11.0. The Labute approximate surface area is 215 Å². The molecule has 194 valence electrons. The van der Waals surface area contributed by atoms with E-state index in [1.807, 2.05) is 18.0 Å². The van der Waals surface area contributed by atoms with E-state index >= 15 is 0 Å². The predicted octanol–water partition coefficient (Wildman–Crippen LogP) is 1.16. The minimum atomic E-state index is -0.688. The number of amides is 3. The molecule has 2 aliphatic heterocycles. The number of quaternary nitrogens is 1. The lowest BCUT2D eigenvalue weighted by atomic mass is 9.99. The van der Waals surface area contributed by atoms with Gasteiger partial charge in [0.05, 0.1) is 30.6 Å². The highest BCUT2D eigenvalue weighted by Gasteiger charge is 2.48. The summed E-state index contributed by atoms with van der Waals surface area (Å²) in [5.74, 6) is 0.633. The maximum atomic E-state index is 13.1. The van der Waals surface area contributed by atoms with Crippen LogP contribution in [-0.2, 0) is 22.5 Å². The van der Waals surface area contributed by atoms with Gasteiger partial charge < -0.3 is 20.7 Å². The van der Waals surface area contributed by atoms with E-state index in [0.29, 0.717) is 80.4 Å². The van der Waals surface area contributed by atoms with E-state index in [2.05, 4.69) is 21.4 Å². The molecule has 3 N–H and O–H groups in total. The average Bonchev–Trinajstić information content (AvgIpc) is 2.89. The SMILES string of the molecule is COCCNc1cc([N+]2(C(N)=O)CCCc3cc(CN4CCN(C)CC4=O)c(C=O)nc32)ncc1C#N. The van der Waals surface area contributed by atoms with Gasteiger partial charge in [0.15, 0.2) is 6.29 Å². The molecule has 1 fully saturated rings. The number of hydrogen-bond acceptors (Lipinski definition) is 9. The number of anilines is 1. The second-order valence-corrected chi connectivity index (χ2v) is 9.28. The third kappa shape index (κ3) is 5.01. The highest BCUT2D eigenvalue weighted by molar-refractivity contribution is 5.93. The third-order valence-electron chi connectivity index (χ3n) is 6.87. The number of likely N-dealkylation sites (N-methyl/N-ethyl adjacent to an activating group) is 1. The molecule has 2 aliphatic rings. The number of pyridine rings is 2.